The predicted molar refractivity (Wildman–Crippen MR) is 210 cm³/mol. The van der Waals surface area contributed by atoms with Crippen LogP contribution >= 0.6 is 11.3 Å². The SMILES string of the molecule is Cc1cc(-c2ccccc2)c(-n2c(-c3csc4ccc(-c5ccc6oc7ccccc7c6c5)cc34)nc3ccccc32)c(-c2ccccc2)c1. The van der Waals surface area contributed by atoms with Gasteiger partial charge in [-0.05, 0) is 89.3 Å². The monoisotopic (exact) mass is 658 g/mol. The molecule has 0 aliphatic carbocycles. The van der Waals surface area contributed by atoms with Gasteiger partial charge < -0.3 is 4.42 Å². The molecule has 10 rings (SSSR count). The van der Waals surface area contributed by atoms with Crippen LogP contribution in [-0.4, -0.2) is 9.55 Å². The summed E-state index contributed by atoms with van der Waals surface area (Å²) in [6, 6.07) is 56.2. The van der Waals surface area contributed by atoms with Crippen molar-refractivity contribution in [3.63, 3.8) is 0 Å². The van der Waals surface area contributed by atoms with E-state index in [0.717, 1.165) is 61.2 Å². The van der Waals surface area contributed by atoms with Crippen molar-refractivity contribution in [1.29, 1.82) is 0 Å². The average molecular weight is 659 g/mol. The van der Waals surface area contributed by atoms with Gasteiger partial charge in [-0.25, -0.2) is 4.98 Å². The molecule has 50 heavy (non-hydrogen) atoms. The lowest BCUT2D eigenvalue weighted by Gasteiger charge is -2.20. The second kappa shape index (κ2) is 11.4. The largest absolute Gasteiger partial charge is 0.456 e. The van der Waals surface area contributed by atoms with Gasteiger partial charge in [-0.1, -0.05) is 103 Å². The Balaban J connectivity index is 1.24. The minimum absolute atomic E-state index is 0.905. The molecule has 0 saturated heterocycles. The van der Waals surface area contributed by atoms with Crippen LogP contribution in [0.15, 0.2) is 168 Å². The van der Waals surface area contributed by atoms with Crippen molar-refractivity contribution in [1.82, 2.24) is 9.55 Å². The van der Waals surface area contributed by atoms with Crippen molar-refractivity contribution in [2.45, 2.75) is 6.92 Å². The lowest BCUT2D eigenvalue weighted by molar-refractivity contribution is 0.669. The minimum atomic E-state index is 0.905. The summed E-state index contributed by atoms with van der Waals surface area (Å²) < 4.78 is 9.77. The van der Waals surface area contributed by atoms with E-state index < -0.39 is 0 Å². The maximum absolute atomic E-state index is 6.14. The summed E-state index contributed by atoms with van der Waals surface area (Å²) in [5.41, 5.74) is 14.3. The van der Waals surface area contributed by atoms with Crippen LogP contribution in [0.25, 0.3) is 93.5 Å². The average Bonchev–Trinajstić information content (AvgIpc) is 3.88. The fraction of sp³-hybridized carbons (Fsp3) is 0.0217. The van der Waals surface area contributed by atoms with Gasteiger partial charge in [-0.15, -0.1) is 11.3 Å². The molecule has 0 aliphatic heterocycles. The Morgan fingerprint density at radius 1 is 0.520 bits per heavy atom. The molecule has 0 spiro atoms. The van der Waals surface area contributed by atoms with E-state index in [9.17, 15) is 0 Å². The van der Waals surface area contributed by atoms with E-state index in [-0.39, 0.29) is 0 Å². The van der Waals surface area contributed by atoms with E-state index in [4.69, 9.17) is 9.40 Å². The molecular formula is C46H30N2OS. The van der Waals surface area contributed by atoms with E-state index in [0.29, 0.717) is 0 Å². The number of fused-ring (bicyclic) bond motifs is 5. The van der Waals surface area contributed by atoms with E-state index in [1.54, 1.807) is 11.3 Å². The Morgan fingerprint density at radius 3 is 1.90 bits per heavy atom. The van der Waals surface area contributed by atoms with Gasteiger partial charge in [0.15, 0.2) is 0 Å². The van der Waals surface area contributed by atoms with Crippen molar-refractivity contribution in [2.75, 3.05) is 0 Å². The third kappa shape index (κ3) is 4.61. The quantitative estimate of drug-likeness (QED) is 0.184. The number of thiophene rings is 1. The zero-order chi connectivity index (χ0) is 33.2. The van der Waals surface area contributed by atoms with Crippen molar-refractivity contribution in [3.05, 3.63) is 169 Å². The Kier molecular flexibility index (Phi) is 6.58. The van der Waals surface area contributed by atoms with E-state index in [2.05, 4.69) is 162 Å². The fourth-order valence-electron chi connectivity index (χ4n) is 7.42. The number of nitrogens with zero attached hydrogens (tertiary/aromatic N) is 2. The van der Waals surface area contributed by atoms with Gasteiger partial charge in [0.05, 0.1) is 16.7 Å². The second-order valence-corrected chi connectivity index (χ2v) is 13.8. The van der Waals surface area contributed by atoms with E-state index in [1.165, 1.54) is 37.9 Å². The molecule has 3 heterocycles. The van der Waals surface area contributed by atoms with Gasteiger partial charge in [-0.3, -0.25) is 4.57 Å². The van der Waals surface area contributed by atoms with Gasteiger partial charge >= 0.3 is 0 Å². The number of rotatable bonds is 5. The van der Waals surface area contributed by atoms with Crippen molar-refractivity contribution in [3.8, 4) is 50.5 Å². The van der Waals surface area contributed by atoms with Gasteiger partial charge in [-0.2, -0.15) is 0 Å². The molecule has 4 heteroatoms. The van der Waals surface area contributed by atoms with Crippen LogP contribution in [0.5, 0.6) is 0 Å². The van der Waals surface area contributed by atoms with Gasteiger partial charge in [0.2, 0.25) is 0 Å². The van der Waals surface area contributed by atoms with Gasteiger partial charge in [0.25, 0.3) is 0 Å². The van der Waals surface area contributed by atoms with Crippen LogP contribution in [0.3, 0.4) is 0 Å². The Morgan fingerprint density at radius 2 is 1.14 bits per heavy atom. The summed E-state index contributed by atoms with van der Waals surface area (Å²) in [5, 5.41) is 5.73. The molecule has 0 radical (unpaired) electrons. The third-order valence-electron chi connectivity index (χ3n) is 9.73. The number of aryl methyl sites for hydroxylation is 1. The molecule has 3 nitrogen and oxygen atoms in total. The van der Waals surface area contributed by atoms with Crippen molar-refractivity contribution in [2.24, 2.45) is 0 Å². The first kappa shape index (κ1) is 28.8. The first-order valence-corrected chi connectivity index (χ1v) is 17.7. The molecule has 10 aromatic rings. The molecule has 3 aromatic heterocycles. The van der Waals surface area contributed by atoms with Crippen molar-refractivity contribution >= 4 is 54.4 Å². The molecule has 0 bridgehead atoms. The highest BCUT2D eigenvalue weighted by Crippen LogP contribution is 2.44. The number of hydrogen-bond acceptors (Lipinski definition) is 3. The first-order chi connectivity index (χ1) is 24.7. The highest BCUT2D eigenvalue weighted by atomic mass is 32.1. The van der Waals surface area contributed by atoms with Crippen LogP contribution in [0, 0.1) is 6.92 Å². The van der Waals surface area contributed by atoms with Gasteiger partial charge in [0, 0.05) is 42.9 Å². The zero-order valence-corrected chi connectivity index (χ0v) is 28.1. The Hall–Kier alpha value is -6.23. The molecule has 0 atom stereocenters. The van der Waals surface area contributed by atoms with E-state index in [1.807, 2.05) is 12.1 Å². The number of furan rings is 1. The molecule has 0 aliphatic rings. The van der Waals surface area contributed by atoms with Crippen LogP contribution < -0.4 is 0 Å². The molecule has 0 saturated carbocycles. The normalized spacial score (nSPS) is 11.7. The fourth-order valence-corrected chi connectivity index (χ4v) is 8.34. The summed E-state index contributed by atoms with van der Waals surface area (Å²) in [7, 11) is 0. The number of aromatic nitrogens is 2. The van der Waals surface area contributed by atoms with Crippen LogP contribution in [-0.2, 0) is 0 Å². The van der Waals surface area contributed by atoms with Crippen molar-refractivity contribution < 1.29 is 4.42 Å². The number of benzene rings is 7. The first-order valence-electron chi connectivity index (χ1n) is 16.9. The predicted octanol–water partition coefficient (Wildman–Crippen LogP) is 13.1. The maximum Gasteiger partial charge on any atom is 0.147 e. The molecule has 236 valence electrons. The van der Waals surface area contributed by atoms with Crippen LogP contribution in [0.4, 0.5) is 0 Å². The number of imidazole rings is 1. The highest BCUT2D eigenvalue weighted by Gasteiger charge is 2.23. The highest BCUT2D eigenvalue weighted by molar-refractivity contribution is 7.17. The Bertz CT molecular complexity index is 2820. The molecule has 7 aromatic carbocycles. The van der Waals surface area contributed by atoms with Crippen LogP contribution in [0.1, 0.15) is 5.56 Å². The lowest BCUT2D eigenvalue weighted by atomic mass is 9.93. The maximum atomic E-state index is 6.14. The topological polar surface area (TPSA) is 31.0 Å². The molecule has 0 fully saturated rings. The summed E-state index contributed by atoms with van der Waals surface area (Å²) in [6.45, 7) is 2.19. The Labute approximate surface area is 293 Å². The standard InChI is InChI=1S/C46H30N2OS/c1-29-24-35(30-12-4-2-5-13-30)45(36(25-29)31-14-6-3-7-15-31)48-41-18-10-9-17-40(41)47-46(48)39-28-50-44-23-21-33(27-38(39)44)32-20-22-43-37(26-32)34-16-8-11-19-42(34)49-43/h2-28H,1H3. The smallest absolute Gasteiger partial charge is 0.147 e. The summed E-state index contributed by atoms with van der Waals surface area (Å²) >= 11 is 1.77. The summed E-state index contributed by atoms with van der Waals surface area (Å²) in [4.78, 5) is 5.40. The summed E-state index contributed by atoms with van der Waals surface area (Å²) in [6.07, 6.45) is 0. The third-order valence-corrected chi connectivity index (χ3v) is 10.7. The van der Waals surface area contributed by atoms with E-state index >= 15 is 0 Å². The van der Waals surface area contributed by atoms with Gasteiger partial charge in [0.1, 0.15) is 17.0 Å². The lowest BCUT2D eigenvalue weighted by Crippen LogP contribution is -2.03. The molecule has 0 unspecified atom stereocenters. The number of hydrogen-bond donors (Lipinski definition) is 0. The second-order valence-electron chi connectivity index (χ2n) is 12.9. The molecule has 0 N–H and O–H groups in total. The molecule has 0 amide bonds. The minimum Gasteiger partial charge on any atom is -0.456 e. The zero-order valence-electron chi connectivity index (χ0n) is 27.3. The molecular weight excluding hydrogens is 629 g/mol. The number of para-hydroxylation sites is 3. The summed E-state index contributed by atoms with van der Waals surface area (Å²) in [5.74, 6) is 0.934. The van der Waals surface area contributed by atoms with Crippen LogP contribution in [0.2, 0.25) is 0 Å².